The maximum absolute atomic E-state index is 12.8. The van der Waals surface area contributed by atoms with Crippen LogP contribution in [0.5, 0.6) is 0 Å². The number of carbonyl (C=O) groups is 2. The van der Waals surface area contributed by atoms with Crippen molar-refractivity contribution >= 4 is 51.1 Å². The second-order valence-corrected chi connectivity index (χ2v) is 9.37. The summed E-state index contributed by atoms with van der Waals surface area (Å²) < 4.78 is 7.68. The molecule has 2 heterocycles. The molecular weight excluding hydrogens is 538 g/mol. The number of fused-ring (bicyclic) bond motifs is 1. The first kappa shape index (κ1) is 24.6. The third-order valence-electron chi connectivity index (χ3n) is 5.25. The molecular formula is C23H20BrN5O5S. The Kier molecular flexibility index (Phi) is 7.31. The Morgan fingerprint density at radius 3 is 2.51 bits per heavy atom. The number of esters is 1. The van der Waals surface area contributed by atoms with E-state index < -0.39 is 16.9 Å². The fourth-order valence-electron chi connectivity index (χ4n) is 3.60. The van der Waals surface area contributed by atoms with Crippen LogP contribution in [-0.4, -0.2) is 43.8 Å². The van der Waals surface area contributed by atoms with Crippen LogP contribution in [0.25, 0.3) is 0 Å². The molecule has 0 aliphatic carbocycles. The number of ether oxygens (including phenoxy) is 1. The van der Waals surface area contributed by atoms with Gasteiger partial charge < -0.3 is 10.1 Å². The van der Waals surface area contributed by atoms with Gasteiger partial charge in [0.25, 0.3) is 5.69 Å². The summed E-state index contributed by atoms with van der Waals surface area (Å²) in [7, 11) is 0. The lowest BCUT2D eigenvalue weighted by Crippen LogP contribution is -2.29. The number of halogens is 1. The van der Waals surface area contributed by atoms with E-state index in [1.54, 1.807) is 50.2 Å². The van der Waals surface area contributed by atoms with Gasteiger partial charge in [-0.05, 0) is 43.7 Å². The molecule has 35 heavy (non-hydrogen) atoms. The van der Waals surface area contributed by atoms with Crippen LogP contribution in [0.3, 0.4) is 0 Å². The summed E-state index contributed by atoms with van der Waals surface area (Å²) in [5.74, 6) is -0.0828. The lowest BCUT2D eigenvalue weighted by molar-refractivity contribution is -0.384. The predicted molar refractivity (Wildman–Crippen MR) is 133 cm³/mol. The number of Topliss-reactive ketones (excluding diaryl/α,β-unsaturated/α-hetero) is 1. The van der Waals surface area contributed by atoms with Gasteiger partial charge in [0.2, 0.25) is 11.1 Å². The molecule has 0 bridgehead atoms. The summed E-state index contributed by atoms with van der Waals surface area (Å²) in [5, 5.41) is 19.1. The number of allylic oxidation sites excluding steroid dienone is 1. The van der Waals surface area contributed by atoms with Gasteiger partial charge in [-0.15, -0.1) is 5.10 Å². The number of hydrogen-bond donors (Lipinski definition) is 1. The molecule has 0 fully saturated rings. The number of rotatable bonds is 8. The number of hydrogen-bond acceptors (Lipinski definition) is 9. The second kappa shape index (κ2) is 10.4. The summed E-state index contributed by atoms with van der Waals surface area (Å²) in [4.78, 5) is 40.5. The van der Waals surface area contributed by atoms with Crippen molar-refractivity contribution in [1.82, 2.24) is 14.8 Å². The fourth-order valence-corrected chi connectivity index (χ4v) is 4.59. The highest BCUT2D eigenvalue weighted by Crippen LogP contribution is 2.37. The van der Waals surface area contributed by atoms with Crippen LogP contribution in [-0.2, 0) is 9.53 Å². The van der Waals surface area contributed by atoms with Crippen molar-refractivity contribution in [3.05, 3.63) is 85.5 Å². The van der Waals surface area contributed by atoms with E-state index in [-0.39, 0.29) is 23.8 Å². The maximum Gasteiger partial charge on any atom is 0.338 e. The van der Waals surface area contributed by atoms with E-state index in [0.717, 1.165) is 4.47 Å². The zero-order chi connectivity index (χ0) is 25.1. The average Bonchev–Trinajstić information content (AvgIpc) is 3.24. The van der Waals surface area contributed by atoms with Gasteiger partial charge in [-0.25, -0.2) is 9.48 Å². The van der Waals surface area contributed by atoms with Gasteiger partial charge in [0.05, 0.1) is 22.9 Å². The molecule has 1 aliphatic rings. The number of non-ortho nitro benzene ring substituents is 1. The first-order chi connectivity index (χ1) is 16.8. The Balaban J connectivity index is 1.65. The molecule has 180 valence electrons. The molecule has 1 aliphatic heterocycles. The number of aromatic nitrogens is 3. The van der Waals surface area contributed by atoms with Gasteiger partial charge >= 0.3 is 5.97 Å². The Morgan fingerprint density at radius 2 is 1.89 bits per heavy atom. The summed E-state index contributed by atoms with van der Waals surface area (Å²) >= 11 is 4.53. The fraction of sp³-hybridized carbons (Fsp3) is 0.217. The first-order valence-electron chi connectivity index (χ1n) is 10.6. The lowest BCUT2D eigenvalue weighted by atomic mass is 9.95. The number of carbonyl (C=O) groups excluding carboxylic acids is 2. The Bertz CT molecular complexity index is 1320. The van der Waals surface area contributed by atoms with Crippen LogP contribution >= 0.6 is 27.7 Å². The number of nitrogens with one attached hydrogen (secondary N) is 1. The number of anilines is 1. The van der Waals surface area contributed by atoms with E-state index in [9.17, 15) is 19.7 Å². The molecule has 2 aromatic carbocycles. The molecule has 3 aromatic rings. The summed E-state index contributed by atoms with van der Waals surface area (Å²) in [6, 6.07) is 12.3. The summed E-state index contributed by atoms with van der Waals surface area (Å²) in [5.41, 5.74) is 1.97. The number of nitrogens with zero attached hydrogens (tertiary/aromatic N) is 4. The van der Waals surface area contributed by atoms with Crippen molar-refractivity contribution in [3.8, 4) is 0 Å². The zero-order valence-corrected chi connectivity index (χ0v) is 21.1. The van der Waals surface area contributed by atoms with Crippen molar-refractivity contribution in [1.29, 1.82) is 0 Å². The molecule has 0 amide bonds. The smallest absolute Gasteiger partial charge is 0.338 e. The van der Waals surface area contributed by atoms with Crippen molar-refractivity contribution in [2.24, 2.45) is 0 Å². The van der Waals surface area contributed by atoms with Gasteiger partial charge in [0, 0.05) is 27.9 Å². The van der Waals surface area contributed by atoms with Crippen molar-refractivity contribution in [3.63, 3.8) is 0 Å². The van der Waals surface area contributed by atoms with Gasteiger partial charge in [-0.2, -0.15) is 4.98 Å². The molecule has 0 saturated carbocycles. The largest absolute Gasteiger partial charge is 0.463 e. The van der Waals surface area contributed by atoms with Crippen LogP contribution in [0.2, 0.25) is 0 Å². The molecule has 1 N–H and O–H groups in total. The van der Waals surface area contributed by atoms with E-state index in [2.05, 4.69) is 31.3 Å². The minimum Gasteiger partial charge on any atom is -0.463 e. The normalized spacial score (nSPS) is 14.8. The van der Waals surface area contributed by atoms with Crippen LogP contribution in [0.1, 0.15) is 35.8 Å². The number of benzene rings is 2. The van der Waals surface area contributed by atoms with Gasteiger partial charge in [-0.3, -0.25) is 14.9 Å². The first-order valence-corrected chi connectivity index (χ1v) is 12.3. The molecule has 1 aromatic heterocycles. The monoisotopic (exact) mass is 557 g/mol. The molecule has 0 spiro atoms. The molecule has 4 rings (SSSR count). The van der Waals surface area contributed by atoms with E-state index >= 15 is 0 Å². The van der Waals surface area contributed by atoms with E-state index in [4.69, 9.17) is 4.74 Å². The van der Waals surface area contributed by atoms with Gasteiger partial charge in [0.15, 0.2) is 5.78 Å². The zero-order valence-electron chi connectivity index (χ0n) is 18.7. The minimum atomic E-state index is -0.713. The molecule has 0 saturated heterocycles. The Labute approximate surface area is 213 Å². The Morgan fingerprint density at radius 1 is 1.20 bits per heavy atom. The maximum atomic E-state index is 12.8. The van der Waals surface area contributed by atoms with Crippen molar-refractivity contribution < 1.29 is 19.2 Å². The average molecular weight is 558 g/mol. The summed E-state index contributed by atoms with van der Waals surface area (Å²) in [6.07, 6.45) is 0. The van der Waals surface area contributed by atoms with Gasteiger partial charge in [-0.1, -0.05) is 39.8 Å². The standard InChI is InChI=1S/C23H20BrN5O5S/c1-3-34-21(31)19-13(2)25-22-26-23(35-12-18(30)14-4-8-16(24)9-5-14)27-28(22)20(19)15-6-10-17(11-7-15)29(32)33/h4-11,20H,3,12H2,1-2H3,(H,25,26,27)/t20-/m0/s1. The number of nitro groups is 1. The van der Waals surface area contributed by atoms with Crippen LogP contribution in [0.4, 0.5) is 11.6 Å². The molecule has 12 heteroatoms. The van der Waals surface area contributed by atoms with Crippen LogP contribution in [0, 0.1) is 10.1 Å². The highest BCUT2D eigenvalue weighted by molar-refractivity contribution is 9.10. The van der Waals surface area contributed by atoms with Gasteiger partial charge in [0.1, 0.15) is 6.04 Å². The topological polar surface area (TPSA) is 129 Å². The molecule has 0 unspecified atom stereocenters. The minimum absolute atomic E-state index is 0.0671. The Hall–Kier alpha value is -3.51. The lowest BCUT2D eigenvalue weighted by Gasteiger charge is -2.28. The van der Waals surface area contributed by atoms with E-state index in [1.807, 2.05) is 0 Å². The third kappa shape index (κ3) is 5.28. The van der Waals surface area contributed by atoms with Crippen LogP contribution in [0.15, 0.2) is 69.4 Å². The quantitative estimate of drug-likeness (QED) is 0.137. The SMILES string of the molecule is CCOC(=O)C1=C(C)Nc2nc(SCC(=O)c3ccc(Br)cc3)nn2[C@H]1c1ccc([N+](=O)[O-])cc1. The molecule has 10 nitrogen and oxygen atoms in total. The van der Waals surface area contributed by atoms with Crippen molar-refractivity contribution in [2.45, 2.75) is 25.0 Å². The number of thioether (sulfide) groups is 1. The van der Waals surface area contributed by atoms with E-state index in [0.29, 0.717) is 33.5 Å². The van der Waals surface area contributed by atoms with Crippen molar-refractivity contribution in [2.75, 3.05) is 17.7 Å². The molecule has 1 atom stereocenters. The number of nitro benzene ring substituents is 1. The summed E-state index contributed by atoms with van der Waals surface area (Å²) in [6.45, 7) is 3.63. The molecule has 0 radical (unpaired) electrons. The highest BCUT2D eigenvalue weighted by atomic mass is 79.9. The highest BCUT2D eigenvalue weighted by Gasteiger charge is 2.35. The second-order valence-electron chi connectivity index (χ2n) is 7.52. The van der Waals surface area contributed by atoms with E-state index in [1.165, 1.54) is 28.6 Å². The van der Waals surface area contributed by atoms with Crippen LogP contribution < -0.4 is 5.32 Å². The predicted octanol–water partition coefficient (Wildman–Crippen LogP) is 4.78. The third-order valence-corrected chi connectivity index (χ3v) is 6.61. The number of ketones is 1.